The molecule has 2 N–H and O–H groups in total. The number of halogens is 2. The average molecular weight is 578 g/mol. The van der Waals surface area contributed by atoms with Gasteiger partial charge in [0.05, 0.1) is 22.8 Å². The Kier molecular flexibility index (Phi) is 8.14. The number of thiazole rings is 2. The van der Waals surface area contributed by atoms with E-state index in [1.807, 2.05) is 97.4 Å². The zero-order valence-corrected chi connectivity index (χ0v) is 23.6. The molecule has 0 aliphatic heterocycles. The lowest BCUT2D eigenvalue weighted by Crippen LogP contribution is -1.99. The van der Waals surface area contributed by atoms with Gasteiger partial charge in [-0.25, -0.2) is 9.97 Å². The summed E-state index contributed by atoms with van der Waals surface area (Å²) < 4.78 is 0. The molecule has 190 valence electrons. The van der Waals surface area contributed by atoms with Gasteiger partial charge in [0.15, 0.2) is 0 Å². The van der Waals surface area contributed by atoms with Gasteiger partial charge in [0, 0.05) is 31.9 Å². The smallest absolute Gasteiger partial charge is 0.203 e. The first kappa shape index (κ1) is 26.1. The molecule has 2 heterocycles. The minimum absolute atomic E-state index is 0.700. The third-order valence-electron chi connectivity index (χ3n) is 5.65. The fraction of sp³-hybridized carbons (Fsp3) is 0.0714. The Morgan fingerprint density at radius 3 is 1.34 bits per heavy atom. The summed E-state index contributed by atoms with van der Waals surface area (Å²) in [6.07, 6.45) is 0. The monoisotopic (exact) mass is 576 g/mol. The predicted octanol–water partition coefficient (Wildman–Crippen LogP) is 8.91. The van der Waals surface area contributed by atoms with Gasteiger partial charge in [-0.1, -0.05) is 71.7 Å². The van der Waals surface area contributed by atoms with E-state index >= 15 is 0 Å². The molecule has 0 saturated heterocycles. The molecule has 6 nitrogen and oxygen atoms in total. The summed E-state index contributed by atoms with van der Waals surface area (Å²) in [5, 5.41) is 15.8. The van der Waals surface area contributed by atoms with E-state index in [0.29, 0.717) is 10.0 Å². The van der Waals surface area contributed by atoms with Crippen LogP contribution in [0.1, 0.15) is 25.0 Å². The summed E-state index contributed by atoms with van der Waals surface area (Å²) in [6, 6.07) is 23.3. The van der Waals surface area contributed by atoms with E-state index in [-0.39, 0.29) is 0 Å². The normalized spacial score (nSPS) is 12.0. The third kappa shape index (κ3) is 6.46. The molecule has 38 heavy (non-hydrogen) atoms. The molecule has 0 aliphatic carbocycles. The van der Waals surface area contributed by atoms with E-state index in [2.05, 4.69) is 31.0 Å². The molecule has 10 heteroatoms. The SMILES string of the molecule is C/C(=N\Nc1nc(-c2ccc(-c3csc(N/N=C(\C)c4ccc(Cl)cc4)n3)cc2)cs1)c1ccc(Cl)cc1. The predicted molar refractivity (Wildman–Crippen MR) is 163 cm³/mol. The molecule has 0 atom stereocenters. The average Bonchev–Trinajstić information content (AvgIpc) is 3.61. The topological polar surface area (TPSA) is 74.6 Å². The zero-order chi connectivity index (χ0) is 26.5. The first-order chi connectivity index (χ1) is 18.4. The molecule has 0 saturated carbocycles. The second-order valence-electron chi connectivity index (χ2n) is 8.28. The maximum atomic E-state index is 5.96. The first-order valence-corrected chi connectivity index (χ1v) is 14.1. The molecule has 3 aromatic carbocycles. The van der Waals surface area contributed by atoms with Crippen molar-refractivity contribution in [1.29, 1.82) is 0 Å². The summed E-state index contributed by atoms with van der Waals surface area (Å²) in [5.41, 5.74) is 13.6. The van der Waals surface area contributed by atoms with Gasteiger partial charge in [-0.15, -0.1) is 22.7 Å². The highest BCUT2D eigenvalue weighted by molar-refractivity contribution is 7.14. The van der Waals surface area contributed by atoms with Crippen molar-refractivity contribution in [2.45, 2.75) is 13.8 Å². The van der Waals surface area contributed by atoms with Crippen molar-refractivity contribution in [3.63, 3.8) is 0 Å². The molecule has 0 fully saturated rings. The Labute approximate surface area is 238 Å². The van der Waals surface area contributed by atoms with Crippen LogP contribution >= 0.6 is 45.9 Å². The fourth-order valence-corrected chi connectivity index (χ4v) is 5.08. The molecule has 0 unspecified atom stereocenters. The summed E-state index contributed by atoms with van der Waals surface area (Å²) in [4.78, 5) is 9.34. The first-order valence-electron chi connectivity index (χ1n) is 11.6. The van der Waals surface area contributed by atoms with Crippen LogP contribution in [0.3, 0.4) is 0 Å². The highest BCUT2D eigenvalue weighted by Crippen LogP contribution is 2.29. The van der Waals surface area contributed by atoms with Crippen LogP contribution in [0.5, 0.6) is 0 Å². The molecule has 0 radical (unpaired) electrons. The number of rotatable bonds is 8. The van der Waals surface area contributed by atoms with Crippen LogP contribution < -0.4 is 10.9 Å². The number of hydrogen-bond acceptors (Lipinski definition) is 8. The van der Waals surface area contributed by atoms with Gasteiger partial charge in [-0.05, 0) is 49.2 Å². The Hall–Kier alpha value is -3.56. The highest BCUT2D eigenvalue weighted by Gasteiger charge is 2.08. The van der Waals surface area contributed by atoms with Gasteiger partial charge >= 0.3 is 0 Å². The summed E-state index contributed by atoms with van der Waals surface area (Å²) in [7, 11) is 0. The second kappa shape index (κ2) is 11.9. The van der Waals surface area contributed by atoms with E-state index in [4.69, 9.17) is 23.2 Å². The molecule has 0 spiro atoms. The van der Waals surface area contributed by atoms with E-state index in [0.717, 1.165) is 55.3 Å². The number of hydrazone groups is 2. The van der Waals surface area contributed by atoms with E-state index < -0.39 is 0 Å². The van der Waals surface area contributed by atoms with Gasteiger partial charge in [0.1, 0.15) is 0 Å². The second-order valence-corrected chi connectivity index (χ2v) is 10.9. The zero-order valence-electron chi connectivity index (χ0n) is 20.4. The van der Waals surface area contributed by atoms with Gasteiger partial charge in [0.25, 0.3) is 0 Å². The number of nitrogens with zero attached hydrogens (tertiary/aromatic N) is 4. The molecule has 0 amide bonds. The summed E-state index contributed by atoms with van der Waals surface area (Å²) >= 11 is 14.9. The maximum Gasteiger partial charge on any atom is 0.203 e. The van der Waals surface area contributed by atoms with E-state index in [1.54, 1.807) is 0 Å². The van der Waals surface area contributed by atoms with Gasteiger partial charge < -0.3 is 0 Å². The molecular weight excluding hydrogens is 555 g/mol. The lowest BCUT2D eigenvalue weighted by molar-refractivity contribution is 1.27. The third-order valence-corrected chi connectivity index (χ3v) is 7.65. The van der Waals surface area contributed by atoms with Crippen LogP contribution in [-0.4, -0.2) is 21.4 Å². The number of hydrogen-bond donors (Lipinski definition) is 2. The summed E-state index contributed by atoms with van der Waals surface area (Å²) in [6.45, 7) is 3.88. The Morgan fingerprint density at radius 2 is 0.974 bits per heavy atom. The van der Waals surface area contributed by atoms with Gasteiger partial charge in [0.2, 0.25) is 10.3 Å². The fourth-order valence-electron chi connectivity index (χ4n) is 3.50. The van der Waals surface area contributed by atoms with Gasteiger partial charge in [-0.3, -0.25) is 10.9 Å². The Balaban J connectivity index is 1.21. The summed E-state index contributed by atoms with van der Waals surface area (Å²) in [5.74, 6) is 0. The standard InChI is InChI=1S/C28H22Cl2N6S2/c1-17(19-7-11-23(29)12-8-19)33-35-27-31-25(15-37-27)21-3-5-22(6-4-21)26-16-38-28(32-26)36-34-18(2)20-9-13-24(30)14-10-20/h3-16H,1-2H3,(H,31,35)(H,32,36)/b33-17+,34-18+. The van der Waals surface area contributed by atoms with Crippen molar-refractivity contribution in [1.82, 2.24) is 9.97 Å². The lowest BCUT2D eigenvalue weighted by atomic mass is 10.1. The molecule has 0 bridgehead atoms. The van der Waals surface area contributed by atoms with Crippen molar-refractivity contribution in [2.24, 2.45) is 10.2 Å². The van der Waals surface area contributed by atoms with Crippen molar-refractivity contribution >= 4 is 67.6 Å². The van der Waals surface area contributed by atoms with Crippen molar-refractivity contribution < 1.29 is 0 Å². The van der Waals surface area contributed by atoms with Crippen LogP contribution in [-0.2, 0) is 0 Å². The molecule has 0 aliphatic rings. The number of nitrogens with one attached hydrogen (secondary N) is 2. The van der Waals surface area contributed by atoms with Gasteiger partial charge in [-0.2, -0.15) is 10.2 Å². The lowest BCUT2D eigenvalue weighted by Gasteiger charge is -2.02. The van der Waals surface area contributed by atoms with Crippen molar-refractivity contribution in [3.05, 3.63) is 105 Å². The van der Waals surface area contributed by atoms with Crippen LogP contribution in [0.25, 0.3) is 22.5 Å². The maximum absolute atomic E-state index is 5.96. The Bertz CT molecular complexity index is 1470. The van der Waals surface area contributed by atoms with Crippen LogP contribution in [0.15, 0.2) is 93.8 Å². The van der Waals surface area contributed by atoms with Crippen LogP contribution in [0.4, 0.5) is 10.3 Å². The van der Waals surface area contributed by atoms with Crippen molar-refractivity contribution in [3.8, 4) is 22.5 Å². The quantitative estimate of drug-likeness (QED) is 0.143. The highest BCUT2D eigenvalue weighted by atomic mass is 35.5. The van der Waals surface area contributed by atoms with E-state index in [9.17, 15) is 0 Å². The number of anilines is 2. The number of benzene rings is 3. The van der Waals surface area contributed by atoms with Crippen molar-refractivity contribution in [2.75, 3.05) is 10.9 Å². The Morgan fingerprint density at radius 1 is 0.605 bits per heavy atom. The molecule has 5 rings (SSSR count). The largest absolute Gasteiger partial charge is 0.252 e. The minimum Gasteiger partial charge on any atom is -0.252 e. The van der Waals surface area contributed by atoms with Crippen LogP contribution in [0, 0.1) is 0 Å². The molecule has 2 aromatic heterocycles. The molecule has 5 aromatic rings. The van der Waals surface area contributed by atoms with E-state index in [1.165, 1.54) is 22.7 Å². The number of aromatic nitrogens is 2. The minimum atomic E-state index is 0.700. The van der Waals surface area contributed by atoms with Crippen LogP contribution in [0.2, 0.25) is 10.0 Å². The molecular formula is C28H22Cl2N6S2.